The van der Waals surface area contributed by atoms with Gasteiger partial charge in [0.15, 0.2) is 6.04 Å². The standard InChI is InChI=1S/C34H47FN4O9/c1-17(4-11-27(40)41)19-7-8-20-18-5-6-22-29(35)26(13-15-34(22,3)21(18)12-14-33(19,20)2)47-32(44)24(16-28(42)43)36-23-9-10-25(39(45)46)31-30(23)37-48-38-31/h9-10,17-22,24,26,29,31,36,38H,4-8,11-16H2,1-3H3,(H,40,41)(H,42,43)/t17-,18+,19?,20+,21+,22-,24+,26-,29-,31?,33-,34-/m1/s1. The van der Waals surface area contributed by atoms with Crippen molar-refractivity contribution < 1.29 is 43.6 Å². The molecule has 1 aliphatic heterocycles. The number of fused-ring (bicyclic) bond motifs is 6. The number of nitrogens with zero attached hydrogens (tertiary/aromatic N) is 2. The molecular formula is C34H47FN4O9. The second kappa shape index (κ2) is 13.1. The third-order valence-corrected chi connectivity index (χ3v) is 13.3. The largest absolute Gasteiger partial charge is 0.481 e. The van der Waals surface area contributed by atoms with Gasteiger partial charge in [0.05, 0.1) is 17.0 Å². The molecule has 13 nitrogen and oxygen atoms in total. The van der Waals surface area contributed by atoms with E-state index in [1.165, 1.54) is 12.2 Å². The highest BCUT2D eigenvalue weighted by atomic mass is 19.1. The highest BCUT2D eigenvalue weighted by molar-refractivity contribution is 6.07. The van der Waals surface area contributed by atoms with Crippen molar-refractivity contribution in [1.29, 1.82) is 0 Å². The van der Waals surface area contributed by atoms with Crippen LogP contribution in [-0.2, 0) is 24.1 Å². The topological polar surface area (TPSA) is 190 Å². The molecule has 4 fully saturated rings. The normalized spacial score (nSPS) is 39.5. The van der Waals surface area contributed by atoms with Crippen LogP contribution in [-0.4, -0.2) is 63.1 Å². The molecule has 14 heteroatoms. The number of halogens is 1. The molecule has 6 aliphatic rings. The summed E-state index contributed by atoms with van der Waals surface area (Å²) >= 11 is 0. The summed E-state index contributed by atoms with van der Waals surface area (Å²) < 4.78 is 22.3. The van der Waals surface area contributed by atoms with Crippen molar-refractivity contribution in [3.8, 4) is 0 Å². The maximum atomic E-state index is 16.5. The average Bonchev–Trinajstić information content (AvgIpc) is 3.66. The third kappa shape index (κ3) is 5.98. The number of oxime groups is 1. The number of carbonyl (C=O) groups excluding carboxylic acids is 1. The fourth-order valence-electron chi connectivity index (χ4n) is 11.0. The van der Waals surface area contributed by atoms with E-state index in [-0.39, 0.29) is 40.3 Å². The van der Waals surface area contributed by atoms with Crippen LogP contribution in [0.4, 0.5) is 4.39 Å². The van der Waals surface area contributed by atoms with Crippen molar-refractivity contribution >= 4 is 23.6 Å². The zero-order valence-electron chi connectivity index (χ0n) is 27.7. The minimum atomic E-state index is -1.39. The van der Waals surface area contributed by atoms with Gasteiger partial charge in [-0.1, -0.05) is 25.9 Å². The predicted octanol–water partition coefficient (Wildman–Crippen LogP) is 4.76. The van der Waals surface area contributed by atoms with Crippen LogP contribution in [0.25, 0.3) is 0 Å². The molecule has 6 rings (SSSR count). The van der Waals surface area contributed by atoms with Crippen LogP contribution in [0.1, 0.15) is 91.4 Å². The monoisotopic (exact) mass is 674 g/mol. The molecule has 0 aromatic rings. The Bertz CT molecular complexity index is 1430. The van der Waals surface area contributed by atoms with Gasteiger partial charge in [0.25, 0.3) is 5.70 Å². The van der Waals surface area contributed by atoms with Crippen molar-refractivity contribution in [2.75, 3.05) is 0 Å². The lowest BCUT2D eigenvalue weighted by Gasteiger charge is -2.61. The molecule has 0 aromatic carbocycles. The molecule has 0 saturated heterocycles. The number of hydrogen-bond acceptors (Lipinski definition) is 10. The van der Waals surface area contributed by atoms with Gasteiger partial charge in [0.1, 0.15) is 24.0 Å². The van der Waals surface area contributed by atoms with E-state index < -0.39 is 53.6 Å². The highest BCUT2D eigenvalue weighted by Crippen LogP contribution is 2.68. The summed E-state index contributed by atoms with van der Waals surface area (Å²) in [6, 6.07) is -2.40. The second-order valence-corrected chi connectivity index (χ2v) is 15.5. The first-order chi connectivity index (χ1) is 22.7. The van der Waals surface area contributed by atoms with E-state index in [0.29, 0.717) is 55.3 Å². The SMILES string of the molecule is C[C@H](CCC(=O)O)C1CC[C@H]2[C@@H]3CC[C@@H]4[C@@H](F)[C@H](OC(=O)[C@H](CC(=O)O)NC5=CC=C([N+](=O)[O-])C6NON=C56)CC[C@]4(C)[C@H]3CC[C@]12C. The number of carboxylic acid groups (broad SMARTS) is 2. The molecule has 4 N–H and O–H groups in total. The van der Waals surface area contributed by atoms with Crippen LogP contribution in [0, 0.1) is 56.5 Å². The lowest BCUT2D eigenvalue weighted by Crippen LogP contribution is -2.58. The molecule has 0 spiro atoms. The number of rotatable bonds is 11. The van der Waals surface area contributed by atoms with E-state index in [1.54, 1.807) is 0 Å². The molecule has 4 saturated carbocycles. The molecule has 2 unspecified atom stereocenters. The van der Waals surface area contributed by atoms with Crippen LogP contribution < -0.4 is 10.8 Å². The molecule has 1 heterocycles. The van der Waals surface area contributed by atoms with E-state index in [0.717, 1.165) is 32.1 Å². The van der Waals surface area contributed by atoms with E-state index in [2.05, 4.69) is 36.7 Å². The Labute approximate surface area is 278 Å². The molecule has 0 aromatic heterocycles. The Kier molecular flexibility index (Phi) is 9.33. The average molecular weight is 675 g/mol. The van der Waals surface area contributed by atoms with E-state index in [9.17, 15) is 34.7 Å². The quantitative estimate of drug-likeness (QED) is 0.134. The van der Waals surface area contributed by atoms with E-state index >= 15 is 4.39 Å². The van der Waals surface area contributed by atoms with Gasteiger partial charge >= 0.3 is 17.9 Å². The number of allylic oxidation sites excluding steroid dienone is 2. The van der Waals surface area contributed by atoms with Crippen LogP contribution in [0.2, 0.25) is 0 Å². The number of hydroxylamine groups is 1. The molecule has 264 valence electrons. The minimum Gasteiger partial charge on any atom is -0.481 e. The summed E-state index contributed by atoms with van der Waals surface area (Å²) in [5, 5.41) is 36.8. The number of carboxylic acids is 2. The van der Waals surface area contributed by atoms with Crippen LogP contribution >= 0.6 is 0 Å². The first kappa shape index (κ1) is 34.3. The highest BCUT2D eigenvalue weighted by Gasteiger charge is 2.62. The Balaban J connectivity index is 1.12. The first-order valence-corrected chi connectivity index (χ1v) is 17.3. The fraction of sp³-hybridized carbons (Fsp3) is 0.765. The molecule has 12 atom stereocenters. The van der Waals surface area contributed by atoms with Gasteiger partial charge in [-0.05, 0) is 110 Å². The van der Waals surface area contributed by atoms with Crippen molar-refractivity contribution in [2.45, 2.75) is 116 Å². The van der Waals surface area contributed by atoms with Crippen molar-refractivity contribution in [3.63, 3.8) is 0 Å². The lowest BCUT2D eigenvalue weighted by atomic mass is 9.44. The number of nitro groups is 1. The smallest absolute Gasteiger partial charge is 0.329 e. The number of aliphatic carboxylic acids is 2. The second-order valence-electron chi connectivity index (χ2n) is 15.5. The Morgan fingerprint density at radius 2 is 1.79 bits per heavy atom. The number of ether oxygens (including phenoxy) is 1. The number of hydrogen-bond donors (Lipinski definition) is 4. The zero-order chi connectivity index (χ0) is 34.5. The number of esters is 1. The van der Waals surface area contributed by atoms with Crippen molar-refractivity contribution in [1.82, 2.24) is 10.8 Å². The summed E-state index contributed by atoms with van der Waals surface area (Å²) in [4.78, 5) is 52.1. The summed E-state index contributed by atoms with van der Waals surface area (Å²) in [5.41, 5.74) is 2.37. The minimum absolute atomic E-state index is 0.0906. The van der Waals surface area contributed by atoms with Gasteiger partial charge in [-0.25, -0.2) is 9.18 Å². The number of alkyl halides is 1. The first-order valence-electron chi connectivity index (χ1n) is 17.3. The molecule has 0 radical (unpaired) electrons. The van der Waals surface area contributed by atoms with E-state index in [4.69, 9.17) is 9.68 Å². The third-order valence-electron chi connectivity index (χ3n) is 13.3. The van der Waals surface area contributed by atoms with Gasteiger partial charge in [-0.2, -0.15) is 0 Å². The van der Waals surface area contributed by atoms with Gasteiger partial charge in [-0.3, -0.25) is 24.6 Å². The lowest BCUT2D eigenvalue weighted by molar-refractivity contribution is -0.429. The number of carbonyl (C=O) groups is 3. The molecule has 48 heavy (non-hydrogen) atoms. The molecular weight excluding hydrogens is 627 g/mol. The number of nitrogens with one attached hydrogen (secondary N) is 2. The van der Waals surface area contributed by atoms with Crippen LogP contribution in [0.5, 0.6) is 0 Å². The zero-order valence-corrected chi connectivity index (χ0v) is 27.7. The van der Waals surface area contributed by atoms with Gasteiger partial charge in [-0.15, -0.1) is 5.48 Å². The molecule has 5 aliphatic carbocycles. The Morgan fingerprint density at radius 1 is 1.08 bits per heavy atom. The Hall–Kier alpha value is -3.55. The van der Waals surface area contributed by atoms with Gasteiger partial charge in [0, 0.05) is 12.5 Å². The molecule has 0 amide bonds. The fourth-order valence-corrected chi connectivity index (χ4v) is 11.0. The maximum absolute atomic E-state index is 16.5. The summed E-state index contributed by atoms with van der Waals surface area (Å²) in [6.07, 6.45) is 7.36. The van der Waals surface area contributed by atoms with Crippen LogP contribution in [0.3, 0.4) is 0 Å². The van der Waals surface area contributed by atoms with Crippen molar-refractivity contribution in [3.05, 3.63) is 33.7 Å². The van der Waals surface area contributed by atoms with Gasteiger partial charge < -0.3 is 20.3 Å². The summed E-state index contributed by atoms with van der Waals surface area (Å²) in [7, 11) is 0. The predicted molar refractivity (Wildman–Crippen MR) is 169 cm³/mol. The van der Waals surface area contributed by atoms with Crippen LogP contribution in [0.15, 0.2) is 28.7 Å². The van der Waals surface area contributed by atoms with E-state index in [1.807, 2.05) is 0 Å². The van der Waals surface area contributed by atoms with Crippen molar-refractivity contribution in [2.24, 2.45) is 51.5 Å². The maximum Gasteiger partial charge on any atom is 0.329 e. The molecule has 0 bridgehead atoms. The van der Waals surface area contributed by atoms with Gasteiger partial charge in [0.2, 0.25) is 0 Å². The summed E-state index contributed by atoms with van der Waals surface area (Å²) in [6.45, 7) is 6.84. The Morgan fingerprint density at radius 3 is 2.50 bits per heavy atom. The summed E-state index contributed by atoms with van der Waals surface area (Å²) in [5.74, 6) is -0.965.